The zero-order valence-corrected chi connectivity index (χ0v) is 20.6. The van der Waals surface area contributed by atoms with Crippen molar-refractivity contribution in [1.29, 1.82) is 0 Å². The molecular weight excluding hydrogens is 468 g/mol. The van der Waals surface area contributed by atoms with Gasteiger partial charge in [-0.15, -0.1) is 0 Å². The molecule has 184 valence electrons. The topological polar surface area (TPSA) is 68.0 Å². The van der Waals surface area contributed by atoms with Gasteiger partial charge < -0.3 is 5.11 Å². The molecule has 2 heterocycles. The Morgan fingerprint density at radius 1 is 1.29 bits per heavy atom. The molecule has 0 aromatic carbocycles. The van der Waals surface area contributed by atoms with Crippen LogP contribution in [-0.4, -0.2) is 37.1 Å². The van der Waals surface area contributed by atoms with Crippen molar-refractivity contribution in [3.63, 3.8) is 0 Å². The number of allylic oxidation sites excluding steroid dienone is 3. The van der Waals surface area contributed by atoms with E-state index in [1.807, 2.05) is 6.20 Å². The Morgan fingerprint density at radius 2 is 2.11 bits per heavy atom. The van der Waals surface area contributed by atoms with Crippen molar-refractivity contribution in [2.75, 3.05) is 6.01 Å². The summed E-state index contributed by atoms with van der Waals surface area (Å²) in [5.41, 5.74) is 3.32. The number of rotatable bonds is 3. The zero-order chi connectivity index (χ0) is 24.5. The van der Waals surface area contributed by atoms with Gasteiger partial charge in [-0.2, -0.15) is 9.49 Å². The Labute approximate surface area is 207 Å². The van der Waals surface area contributed by atoms with E-state index in [9.17, 15) is 18.7 Å². The van der Waals surface area contributed by atoms with Gasteiger partial charge in [-0.1, -0.05) is 37.8 Å². The van der Waals surface area contributed by atoms with Crippen molar-refractivity contribution in [3.05, 3.63) is 59.5 Å². The lowest BCUT2D eigenvalue weighted by molar-refractivity contribution is -0.127. The highest BCUT2D eigenvalue weighted by atomic mass is 32.2. The third-order valence-electron chi connectivity index (χ3n) is 9.42. The minimum atomic E-state index is -0.694. The third-order valence-corrected chi connectivity index (χ3v) is 10.1. The Morgan fingerprint density at radius 3 is 2.86 bits per heavy atom. The number of carbonyl (C=O) groups is 1. The molecule has 2 fully saturated rings. The highest BCUT2D eigenvalue weighted by molar-refractivity contribution is 8.13. The Balaban J connectivity index is 1.37. The molecule has 1 N–H and O–H groups in total. The van der Waals surface area contributed by atoms with E-state index in [2.05, 4.69) is 42.2 Å². The molecule has 6 rings (SSSR count). The van der Waals surface area contributed by atoms with E-state index in [1.165, 1.54) is 12.3 Å². The molecule has 2 aromatic rings. The Hall–Kier alpha value is -2.32. The zero-order valence-electron chi connectivity index (χ0n) is 19.8. The van der Waals surface area contributed by atoms with Gasteiger partial charge in [0.2, 0.25) is 5.95 Å². The number of hydrogen-bond acceptors (Lipinski definition) is 5. The van der Waals surface area contributed by atoms with E-state index >= 15 is 0 Å². The molecule has 0 radical (unpaired) electrons. The monoisotopic (exact) mass is 497 g/mol. The fourth-order valence-corrected chi connectivity index (χ4v) is 8.57. The van der Waals surface area contributed by atoms with Crippen LogP contribution in [0.2, 0.25) is 0 Å². The summed E-state index contributed by atoms with van der Waals surface area (Å²) >= 11 is 0.776. The summed E-state index contributed by atoms with van der Waals surface area (Å²) in [5, 5.41) is 16.1. The van der Waals surface area contributed by atoms with Crippen LogP contribution in [0.5, 0.6) is 0 Å². The van der Waals surface area contributed by atoms with E-state index in [0.29, 0.717) is 12.1 Å². The molecule has 5 nitrogen and oxygen atoms in total. The van der Waals surface area contributed by atoms with Crippen molar-refractivity contribution in [2.24, 2.45) is 34.5 Å². The number of hydrogen-bond donors (Lipinski definition) is 1. The van der Waals surface area contributed by atoms with Gasteiger partial charge in [-0.05, 0) is 72.3 Å². The number of nitrogens with zero attached hydrogens (tertiary/aromatic N) is 3. The van der Waals surface area contributed by atoms with Gasteiger partial charge in [0, 0.05) is 17.3 Å². The van der Waals surface area contributed by atoms with Crippen molar-refractivity contribution >= 4 is 23.0 Å². The van der Waals surface area contributed by atoms with E-state index in [0.717, 1.165) is 47.9 Å². The van der Waals surface area contributed by atoms with Gasteiger partial charge in [0.05, 0.1) is 29.9 Å². The van der Waals surface area contributed by atoms with Crippen LogP contribution in [0.25, 0.3) is 11.8 Å². The van der Waals surface area contributed by atoms with Crippen molar-refractivity contribution < 1.29 is 18.7 Å². The second kappa shape index (κ2) is 8.10. The fourth-order valence-electron chi connectivity index (χ4n) is 7.87. The number of aliphatic hydroxyl groups excluding tert-OH is 1. The minimum Gasteiger partial charge on any atom is -0.393 e. The van der Waals surface area contributed by atoms with Gasteiger partial charge in [0.25, 0.3) is 0 Å². The highest BCUT2D eigenvalue weighted by Gasteiger charge is 2.62. The second-order valence-corrected chi connectivity index (χ2v) is 12.0. The number of alkyl halides is 1. The van der Waals surface area contributed by atoms with Gasteiger partial charge in [-0.25, -0.2) is 14.1 Å². The maximum atomic E-state index is 13.3. The van der Waals surface area contributed by atoms with Crippen molar-refractivity contribution in [3.8, 4) is 5.69 Å². The summed E-state index contributed by atoms with van der Waals surface area (Å²) < 4.78 is 28.1. The van der Waals surface area contributed by atoms with E-state index < -0.39 is 18.1 Å². The summed E-state index contributed by atoms with van der Waals surface area (Å²) in [5.74, 6) is -0.253. The lowest BCUT2D eigenvalue weighted by atomic mass is 9.47. The van der Waals surface area contributed by atoms with Gasteiger partial charge in [0.1, 0.15) is 6.01 Å². The quantitative estimate of drug-likeness (QED) is 0.595. The summed E-state index contributed by atoms with van der Waals surface area (Å²) in [6.45, 7) is 4.37. The first-order chi connectivity index (χ1) is 16.8. The predicted molar refractivity (Wildman–Crippen MR) is 131 cm³/mol. The molecule has 0 bridgehead atoms. The largest absolute Gasteiger partial charge is 0.393 e. The van der Waals surface area contributed by atoms with Crippen LogP contribution in [0.3, 0.4) is 0 Å². The number of thioether (sulfide) groups is 1. The number of carbonyl (C=O) groups excluding carboxylic acids is 1. The Bertz CT molecular complexity index is 1240. The Kier molecular flexibility index (Phi) is 5.35. The molecule has 7 unspecified atom stereocenters. The van der Waals surface area contributed by atoms with E-state index in [4.69, 9.17) is 0 Å². The average Bonchev–Trinajstić information content (AvgIpc) is 3.37. The van der Waals surface area contributed by atoms with Crippen LogP contribution in [0.1, 0.15) is 44.4 Å². The predicted octanol–water partition coefficient (Wildman–Crippen LogP) is 5.14. The maximum absolute atomic E-state index is 13.3. The van der Waals surface area contributed by atoms with Crippen LogP contribution in [-0.2, 0) is 11.2 Å². The highest BCUT2D eigenvalue weighted by Crippen LogP contribution is 2.65. The summed E-state index contributed by atoms with van der Waals surface area (Å²) in [7, 11) is 0. The van der Waals surface area contributed by atoms with Crippen LogP contribution in [0.4, 0.5) is 8.78 Å². The standard InChI is InChI=1S/C27H29F2N3O2S/c1-26-10-15-12-31-32(17-4-8-23(29)30-13-17)21(15)9-16(26)3-5-18-19-6-7-20(25(34)35-14-28)27(19,2)11-22(33)24(18)26/h3-5,8-9,12-13,18-20,22,24,33H,6-7,10-11,14H2,1-2H3. The smallest absolute Gasteiger partial charge is 0.212 e. The number of aromatic nitrogens is 3. The summed E-state index contributed by atoms with van der Waals surface area (Å²) in [6.07, 6.45) is 12.4. The number of aliphatic hydroxyl groups is 1. The lowest BCUT2D eigenvalue weighted by Gasteiger charge is -2.57. The molecule has 8 heteroatoms. The first-order valence-corrected chi connectivity index (χ1v) is 13.2. The molecule has 0 saturated heterocycles. The summed E-state index contributed by atoms with van der Waals surface area (Å²) in [6, 6.07) is 2.30. The number of pyridine rings is 1. The van der Waals surface area contributed by atoms with Gasteiger partial charge in [-0.3, -0.25) is 4.79 Å². The third kappa shape index (κ3) is 3.32. The molecule has 0 aliphatic heterocycles. The normalized spacial score (nSPS) is 37.2. The lowest BCUT2D eigenvalue weighted by Crippen LogP contribution is -2.56. The maximum Gasteiger partial charge on any atom is 0.212 e. The van der Waals surface area contributed by atoms with Crippen LogP contribution in [0.15, 0.2) is 42.3 Å². The average molecular weight is 498 g/mol. The number of halogens is 2. The molecule has 0 amide bonds. The second-order valence-electron chi connectivity index (χ2n) is 11.0. The first kappa shape index (κ1) is 23.1. The fraction of sp³-hybridized carbons (Fsp3) is 0.519. The first-order valence-electron chi connectivity index (χ1n) is 12.3. The SMILES string of the molecule is CC12Cc3cnn(-c4ccc(F)nc4)c3C=C1C=CC1C2C(O)CC2(C)C(C(=O)SCF)CCC12. The van der Waals surface area contributed by atoms with Crippen molar-refractivity contribution in [2.45, 2.75) is 45.6 Å². The summed E-state index contributed by atoms with van der Waals surface area (Å²) in [4.78, 5) is 16.5. The molecule has 35 heavy (non-hydrogen) atoms. The van der Waals surface area contributed by atoms with Crippen molar-refractivity contribution in [1.82, 2.24) is 14.8 Å². The van der Waals surface area contributed by atoms with Gasteiger partial charge >= 0.3 is 0 Å². The van der Waals surface area contributed by atoms with Crippen LogP contribution in [0, 0.1) is 40.4 Å². The van der Waals surface area contributed by atoms with Crippen LogP contribution >= 0.6 is 11.8 Å². The number of fused-ring (bicyclic) bond motifs is 6. The van der Waals surface area contributed by atoms with E-state index in [1.54, 1.807) is 10.7 Å². The molecule has 7 atom stereocenters. The molecule has 4 aliphatic rings. The van der Waals surface area contributed by atoms with E-state index in [-0.39, 0.29) is 39.6 Å². The van der Waals surface area contributed by atoms with Gasteiger partial charge in [0.15, 0.2) is 5.12 Å². The molecule has 2 saturated carbocycles. The molecule has 0 spiro atoms. The molecular formula is C27H29F2N3O2S. The molecule has 2 aromatic heterocycles. The minimum absolute atomic E-state index is 0.0310. The van der Waals surface area contributed by atoms with Crippen LogP contribution < -0.4 is 0 Å². The molecule has 4 aliphatic carbocycles.